The molecule has 0 aliphatic carbocycles. The third-order valence-electron chi connectivity index (χ3n) is 1.79. The topological polar surface area (TPSA) is 91.3 Å². The molecule has 0 spiro atoms. The summed E-state index contributed by atoms with van der Waals surface area (Å²) in [6.07, 6.45) is 0.113. The average molecular weight is 278 g/mol. The van der Waals surface area contributed by atoms with Gasteiger partial charge in [-0.1, -0.05) is 0 Å². The maximum Gasteiger partial charge on any atom is 0.329 e. The van der Waals surface area contributed by atoms with Crippen LogP contribution in [0.15, 0.2) is 0 Å². The van der Waals surface area contributed by atoms with Crippen LogP contribution in [0.2, 0.25) is 0 Å². The zero-order valence-electron chi connectivity index (χ0n) is 11.4. The highest BCUT2D eigenvalue weighted by molar-refractivity contribution is 5.69. The SMILES string of the molecule is CC(C)OC(=O)CCOCCOCCOCC(=O)O. The summed E-state index contributed by atoms with van der Waals surface area (Å²) in [6, 6.07) is 0. The van der Waals surface area contributed by atoms with Crippen molar-refractivity contribution in [2.24, 2.45) is 0 Å². The van der Waals surface area contributed by atoms with Crippen molar-refractivity contribution in [3.8, 4) is 0 Å². The quantitative estimate of drug-likeness (QED) is 0.409. The number of aliphatic carboxylic acids is 1. The standard InChI is InChI=1S/C12H22O7/c1-10(2)19-12(15)3-4-16-5-6-17-7-8-18-9-11(13)14/h10H,3-9H2,1-2H3,(H,13,14). The fourth-order valence-electron chi connectivity index (χ4n) is 1.08. The van der Waals surface area contributed by atoms with E-state index in [0.29, 0.717) is 26.4 Å². The molecule has 0 saturated heterocycles. The highest BCUT2D eigenvalue weighted by Crippen LogP contribution is 1.93. The van der Waals surface area contributed by atoms with Gasteiger partial charge in [-0.2, -0.15) is 0 Å². The molecule has 0 saturated carbocycles. The van der Waals surface area contributed by atoms with Gasteiger partial charge in [0.25, 0.3) is 0 Å². The van der Waals surface area contributed by atoms with E-state index in [-0.39, 0.29) is 31.7 Å². The summed E-state index contributed by atoms with van der Waals surface area (Å²) in [5.74, 6) is -1.28. The summed E-state index contributed by atoms with van der Waals surface area (Å²) in [5.41, 5.74) is 0. The molecule has 0 aromatic rings. The summed E-state index contributed by atoms with van der Waals surface area (Å²) in [7, 11) is 0. The summed E-state index contributed by atoms with van der Waals surface area (Å²) in [6.45, 7) is 4.84. The molecule has 19 heavy (non-hydrogen) atoms. The lowest BCUT2D eigenvalue weighted by Gasteiger charge is -2.08. The molecule has 0 atom stereocenters. The van der Waals surface area contributed by atoms with E-state index < -0.39 is 5.97 Å². The highest BCUT2D eigenvalue weighted by atomic mass is 16.6. The summed E-state index contributed by atoms with van der Waals surface area (Å²) < 4.78 is 20.0. The van der Waals surface area contributed by atoms with Gasteiger partial charge in [0.2, 0.25) is 0 Å². The molecule has 0 bridgehead atoms. The number of carbonyl (C=O) groups is 2. The monoisotopic (exact) mass is 278 g/mol. The maximum atomic E-state index is 11.1. The van der Waals surface area contributed by atoms with Crippen LogP contribution in [-0.2, 0) is 28.5 Å². The first-order valence-corrected chi connectivity index (χ1v) is 6.17. The maximum absolute atomic E-state index is 11.1. The molecular formula is C12H22O7. The number of ether oxygens (including phenoxy) is 4. The Hall–Kier alpha value is -1.18. The van der Waals surface area contributed by atoms with Crippen molar-refractivity contribution in [2.45, 2.75) is 26.4 Å². The summed E-state index contributed by atoms with van der Waals surface area (Å²) in [5, 5.41) is 8.29. The van der Waals surface area contributed by atoms with E-state index in [1.165, 1.54) is 0 Å². The van der Waals surface area contributed by atoms with Gasteiger partial charge in [-0.25, -0.2) is 4.79 Å². The first kappa shape index (κ1) is 17.8. The molecule has 0 aliphatic heterocycles. The van der Waals surface area contributed by atoms with Crippen LogP contribution < -0.4 is 0 Å². The van der Waals surface area contributed by atoms with Gasteiger partial charge >= 0.3 is 11.9 Å². The second-order valence-corrected chi connectivity index (χ2v) is 3.96. The minimum atomic E-state index is -1.00. The summed E-state index contributed by atoms with van der Waals surface area (Å²) in [4.78, 5) is 21.2. The molecule has 7 heteroatoms. The number of carboxylic acids is 1. The van der Waals surface area contributed by atoms with E-state index in [1.807, 2.05) is 0 Å². The molecule has 0 heterocycles. The van der Waals surface area contributed by atoms with Gasteiger partial charge in [0.05, 0.1) is 45.6 Å². The summed E-state index contributed by atoms with van der Waals surface area (Å²) >= 11 is 0. The number of rotatable bonds is 12. The van der Waals surface area contributed by atoms with Crippen molar-refractivity contribution in [1.29, 1.82) is 0 Å². The van der Waals surface area contributed by atoms with Crippen LogP contribution in [0.1, 0.15) is 20.3 Å². The van der Waals surface area contributed by atoms with Crippen molar-refractivity contribution >= 4 is 11.9 Å². The van der Waals surface area contributed by atoms with Crippen molar-refractivity contribution in [2.75, 3.05) is 39.6 Å². The van der Waals surface area contributed by atoms with Crippen LogP contribution in [0.25, 0.3) is 0 Å². The van der Waals surface area contributed by atoms with Crippen LogP contribution in [0.4, 0.5) is 0 Å². The van der Waals surface area contributed by atoms with Crippen LogP contribution >= 0.6 is 0 Å². The van der Waals surface area contributed by atoms with Gasteiger partial charge in [0.15, 0.2) is 0 Å². The number of hydrogen-bond acceptors (Lipinski definition) is 6. The third-order valence-corrected chi connectivity index (χ3v) is 1.79. The lowest BCUT2D eigenvalue weighted by molar-refractivity contribution is -0.149. The second kappa shape index (κ2) is 11.9. The molecule has 0 radical (unpaired) electrons. The molecule has 0 fully saturated rings. The van der Waals surface area contributed by atoms with E-state index in [4.69, 9.17) is 24.1 Å². The van der Waals surface area contributed by atoms with Crippen molar-refractivity contribution in [3.63, 3.8) is 0 Å². The number of carboxylic acid groups (broad SMARTS) is 1. The van der Waals surface area contributed by atoms with Gasteiger partial charge < -0.3 is 24.1 Å². The van der Waals surface area contributed by atoms with Gasteiger partial charge in [-0.05, 0) is 13.8 Å². The zero-order valence-corrected chi connectivity index (χ0v) is 11.4. The first-order chi connectivity index (χ1) is 9.02. The lowest BCUT2D eigenvalue weighted by Crippen LogP contribution is -2.15. The highest BCUT2D eigenvalue weighted by Gasteiger charge is 2.04. The van der Waals surface area contributed by atoms with E-state index >= 15 is 0 Å². The Labute approximate surface area is 112 Å². The van der Waals surface area contributed by atoms with E-state index in [2.05, 4.69) is 0 Å². The first-order valence-electron chi connectivity index (χ1n) is 6.17. The molecule has 0 aromatic heterocycles. The Morgan fingerprint density at radius 1 is 0.947 bits per heavy atom. The molecule has 1 N–H and O–H groups in total. The fraction of sp³-hybridized carbons (Fsp3) is 0.833. The van der Waals surface area contributed by atoms with E-state index in [1.54, 1.807) is 13.8 Å². The molecule has 112 valence electrons. The largest absolute Gasteiger partial charge is 0.480 e. The van der Waals surface area contributed by atoms with Gasteiger partial charge in [-0.3, -0.25) is 4.79 Å². The van der Waals surface area contributed by atoms with Gasteiger partial charge in [0.1, 0.15) is 6.61 Å². The smallest absolute Gasteiger partial charge is 0.329 e. The lowest BCUT2D eigenvalue weighted by atomic mass is 10.4. The molecule has 0 rings (SSSR count). The van der Waals surface area contributed by atoms with Crippen molar-refractivity contribution < 1.29 is 33.6 Å². The van der Waals surface area contributed by atoms with E-state index in [0.717, 1.165) is 0 Å². The van der Waals surface area contributed by atoms with E-state index in [9.17, 15) is 9.59 Å². The Morgan fingerprint density at radius 2 is 1.47 bits per heavy atom. The Morgan fingerprint density at radius 3 is 2.00 bits per heavy atom. The molecule has 0 amide bonds. The number of hydrogen-bond donors (Lipinski definition) is 1. The van der Waals surface area contributed by atoms with Crippen LogP contribution in [-0.4, -0.2) is 62.8 Å². The van der Waals surface area contributed by atoms with Gasteiger partial charge in [-0.15, -0.1) is 0 Å². The van der Waals surface area contributed by atoms with Crippen molar-refractivity contribution in [3.05, 3.63) is 0 Å². The van der Waals surface area contributed by atoms with Crippen LogP contribution in [0.5, 0.6) is 0 Å². The Kier molecular flexibility index (Phi) is 11.1. The molecule has 0 aliphatic rings. The third kappa shape index (κ3) is 14.8. The predicted molar refractivity (Wildman–Crippen MR) is 65.9 cm³/mol. The molecule has 0 aromatic carbocycles. The fourth-order valence-corrected chi connectivity index (χ4v) is 1.08. The molecule has 0 unspecified atom stereocenters. The minimum Gasteiger partial charge on any atom is -0.480 e. The minimum absolute atomic E-state index is 0.110. The van der Waals surface area contributed by atoms with Crippen LogP contribution in [0.3, 0.4) is 0 Å². The zero-order chi connectivity index (χ0) is 14.5. The normalized spacial score (nSPS) is 10.7. The Bertz CT molecular complexity index is 252. The Balaban J connectivity index is 3.14. The molecular weight excluding hydrogens is 256 g/mol. The van der Waals surface area contributed by atoms with Crippen molar-refractivity contribution in [1.82, 2.24) is 0 Å². The number of esters is 1. The van der Waals surface area contributed by atoms with Crippen LogP contribution in [0, 0.1) is 0 Å². The second-order valence-electron chi connectivity index (χ2n) is 3.96. The average Bonchev–Trinajstić information content (AvgIpc) is 2.30. The van der Waals surface area contributed by atoms with Gasteiger partial charge in [0, 0.05) is 0 Å². The number of carbonyl (C=O) groups excluding carboxylic acids is 1. The molecule has 7 nitrogen and oxygen atoms in total. The predicted octanol–water partition coefficient (Wildman–Crippen LogP) is 0.463.